The maximum absolute atomic E-state index is 11.0. The molecular weight excluding hydrogens is 202 g/mol. The van der Waals surface area contributed by atoms with Gasteiger partial charge in [-0.1, -0.05) is 0 Å². The smallest absolute Gasteiger partial charge is 0.0897 e. The number of ether oxygens (including phenoxy) is 1. The molecule has 0 saturated heterocycles. The van der Waals surface area contributed by atoms with Gasteiger partial charge < -0.3 is 15.2 Å². The third-order valence-corrected chi connectivity index (χ3v) is 3.19. The van der Waals surface area contributed by atoms with Gasteiger partial charge in [-0.2, -0.15) is 0 Å². The molecule has 0 aromatic heterocycles. The summed E-state index contributed by atoms with van der Waals surface area (Å²) in [5.74, 6) is 0. The van der Waals surface area contributed by atoms with Crippen LogP contribution in [0.15, 0.2) is 0 Å². The van der Waals surface area contributed by atoms with Crippen LogP contribution in [0, 0.1) is 0 Å². The van der Waals surface area contributed by atoms with Crippen molar-refractivity contribution in [3.05, 3.63) is 0 Å². The van der Waals surface area contributed by atoms with Crippen LogP contribution < -0.4 is 5.32 Å². The highest BCUT2D eigenvalue weighted by Crippen LogP contribution is 1.90. The van der Waals surface area contributed by atoms with Gasteiger partial charge in [-0.15, -0.1) is 0 Å². The Kier molecular flexibility index (Phi) is 8.37. The number of rotatable bonds is 8. The van der Waals surface area contributed by atoms with Crippen LogP contribution >= 0.6 is 0 Å². The van der Waals surface area contributed by atoms with E-state index in [2.05, 4.69) is 5.32 Å². The van der Waals surface area contributed by atoms with Crippen molar-refractivity contribution >= 4 is 10.8 Å². The Balaban J connectivity index is 3.39. The highest BCUT2D eigenvalue weighted by molar-refractivity contribution is 7.84. The van der Waals surface area contributed by atoms with E-state index < -0.39 is 16.9 Å². The zero-order chi connectivity index (χ0) is 11.0. The SMILES string of the molecule is CCOCC(O)CNCC(C)S(C)=O. The van der Waals surface area contributed by atoms with Gasteiger partial charge in [0.05, 0.1) is 12.7 Å². The maximum atomic E-state index is 11.0. The molecule has 0 amide bonds. The summed E-state index contributed by atoms with van der Waals surface area (Å²) in [6, 6.07) is 0. The van der Waals surface area contributed by atoms with Crippen molar-refractivity contribution < 1.29 is 14.1 Å². The normalized spacial score (nSPS) is 17.7. The van der Waals surface area contributed by atoms with Gasteiger partial charge in [-0.25, -0.2) is 0 Å². The first kappa shape index (κ1) is 14.0. The van der Waals surface area contributed by atoms with Crippen molar-refractivity contribution in [2.45, 2.75) is 25.2 Å². The van der Waals surface area contributed by atoms with Crippen LogP contribution in [0.1, 0.15) is 13.8 Å². The summed E-state index contributed by atoms with van der Waals surface area (Å²) < 4.78 is 16.0. The minimum atomic E-state index is -0.806. The van der Waals surface area contributed by atoms with Gasteiger partial charge in [-0.3, -0.25) is 4.21 Å². The van der Waals surface area contributed by atoms with Crippen molar-refractivity contribution in [2.24, 2.45) is 0 Å². The Hall–Kier alpha value is 0.0300. The van der Waals surface area contributed by atoms with E-state index in [1.807, 2.05) is 13.8 Å². The summed E-state index contributed by atoms with van der Waals surface area (Å²) in [7, 11) is -0.806. The average Bonchev–Trinajstić information content (AvgIpc) is 2.14. The molecule has 0 aliphatic heterocycles. The molecule has 86 valence electrons. The monoisotopic (exact) mass is 223 g/mol. The molecule has 5 heteroatoms. The van der Waals surface area contributed by atoms with Gasteiger partial charge in [0.1, 0.15) is 0 Å². The van der Waals surface area contributed by atoms with Crippen molar-refractivity contribution in [3.63, 3.8) is 0 Å². The zero-order valence-corrected chi connectivity index (χ0v) is 9.97. The Morgan fingerprint density at radius 1 is 1.50 bits per heavy atom. The van der Waals surface area contributed by atoms with Crippen LogP contribution in [0.3, 0.4) is 0 Å². The van der Waals surface area contributed by atoms with Gasteiger partial charge in [0.25, 0.3) is 0 Å². The molecule has 3 unspecified atom stereocenters. The number of aliphatic hydroxyl groups is 1. The van der Waals surface area contributed by atoms with Crippen LogP contribution in [0.2, 0.25) is 0 Å². The van der Waals surface area contributed by atoms with Crippen molar-refractivity contribution in [2.75, 3.05) is 32.6 Å². The largest absolute Gasteiger partial charge is 0.389 e. The molecule has 4 nitrogen and oxygen atoms in total. The fourth-order valence-corrected chi connectivity index (χ4v) is 1.24. The lowest BCUT2D eigenvalue weighted by Gasteiger charge is -2.13. The number of nitrogens with one attached hydrogen (secondary N) is 1. The summed E-state index contributed by atoms with van der Waals surface area (Å²) in [5.41, 5.74) is 0. The van der Waals surface area contributed by atoms with Gasteiger partial charge in [0.2, 0.25) is 0 Å². The zero-order valence-electron chi connectivity index (χ0n) is 9.16. The van der Waals surface area contributed by atoms with Crippen molar-refractivity contribution in [3.8, 4) is 0 Å². The molecule has 0 fully saturated rings. The fraction of sp³-hybridized carbons (Fsp3) is 1.00. The molecule has 2 N–H and O–H groups in total. The van der Waals surface area contributed by atoms with Gasteiger partial charge >= 0.3 is 0 Å². The third-order valence-electron chi connectivity index (χ3n) is 1.89. The van der Waals surface area contributed by atoms with Crippen molar-refractivity contribution in [1.82, 2.24) is 5.32 Å². The van der Waals surface area contributed by atoms with Crippen molar-refractivity contribution in [1.29, 1.82) is 0 Å². The fourth-order valence-electron chi connectivity index (χ4n) is 0.883. The lowest BCUT2D eigenvalue weighted by Crippen LogP contribution is -2.35. The number of aliphatic hydroxyl groups excluding tert-OH is 1. The molecule has 0 rings (SSSR count). The Morgan fingerprint density at radius 2 is 2.14 bits per heavy atom. The summed E-state index contributed by atoms with van der Waals surface area (Å²) in [6.07, 6.45) is 1.20. The van der Waals surface area contributed by atoms with E-state index >= 15 is 0 Å². The molecular formula is C9H21NO3S. The second-order valence-corrected chi connectivity index (χ2v) is 5.08. The third kappa shape index (κ3) is 7.44. The van der Waals surface area contributed by atoms with E-state index in [1.54, 1.807) is 6.26 Å². The predicted octanol–water partition coefficient (Wildman–Crippen LogP) is -0.260. The Labute approximate surface area is 88.5 Å². The van der Waals surface area contributed by atoms with Gasteiger partial charge in [0, 0.05) is 42.0 Å². The molecule has 0 aliphatic rings. The van der Waals surface area contributed by atoms with Crippen LogP contribution in [0.5, 0.6) is 0 Å². The average molecular weight is 223 g/mol. The first-order valence-corrected chi connectivity index (χ1v) is 6.48. The molecule has 0 aromatic carbocycles. The minimum absolute atomic E-state index is 0.120. The summed E-state index contributed by atoms with van der Waals surface area (Å²) in [5, 5.41) is 12.5. The Morgan fingerprint density at radius 3 is 2.64 bits per heavy atom. The van der Waals surface area contributed by atoms with Crippen LogP contribution in [-0.2, 0) is 15.5 Å². The van der Waals surface area contributed by atoms with Crippen LogP contribution in [0.25, 0.3) is 0 Å². The molecule has 0 saturated carbocycles. The van der Waals surface area contributed by atoms with E-state index in [-0.39, 0.29) is 5.25 Å². The van der Waals surface area contributed by atoms with E-state index in [9.17, 15) is 9.32 Å². The second-order valence-electron chi connectivity index (χ2n) is 3.28. The molecule has 0 heterocycles. The summed E-state index contributed by atoms with van der Waals surface area (Å²) >= 11 is 0. The number of hydrogen-bond donors (Lipinski definition) is 2. The highest BCUT2D eigenvalue weighted by atomic mass is 32.2. The highest BCUT2D eigenvalue weighted by Gasteiger charge is 2.07. The van der Waals surface area contributed by atoms with E-state index in [4.69, 9.17) is 4.74 Å². The minimum Gasteiger partial charge on any atom is -0.389 e. The molecule has 14 heavy (non-hydrogen) atoms. The van der Waals surface area contributed by atoms with E-state index in [0.717, 1.165) is 0 Å². The lowest BCUT2D eigenvalue weighted by molar-refractivity contribution is 0.0430. The van der Waals surface area contributed by atoms with E-state index in [1.165, 1.54) is 0 Å². The van der Waals surface area contributed by atoms with Gasteiger partial charge in [-0.05, 0) is 13.8 Å². The summed E-state index contributed by atoms with van der Waals surface area (Å²) in [6.45, 7) is 5.92. The maximum Gasteiger partial charge on any atom is 0.0897 e. The number of hydrogen-bond acceptors (Lipinski definition) is 4. The Bertz CT molecular complexity index is 166. The molecule has 3 atom stereocenters. The first-order chi connectivity index (χ1) is 6.57. The van der Waals surface area contributed by atoms with E-state index in [0.29, 0.717) is 26.3 Å². The van der Waals surface area contributed by atoms with Crippen LogP contribution in [0.4, 0.5) is 0 Å². The molecule has 0 bridgehead atoms. The molecule has 0 spiro atoms. The lowest BCUT2D eigenvalue weighted by atomic mass is 10.3. The van der Waals surface area contributed by atoms with Crippen LogP contribution in [-0.4, -0.2) is 53.2 Å². The molecule has 0 radical (unpaired) electrons. The topological polar surface area (TPSA) is 58.6 Å². The molecule has 0 aromatic rings. The van der Waals surface area contributed by atoms with Gasteiger partial charge in [0.15, 0.2) is 0 Å². The standard InChI is InChI=1S/C9H21NO3S/c1-4-13-7-9(11)6-10-5-8(2)14(3)12/h8-11H,4-7H2,1-3H3. The summed E-state index contributed by atoms with van der Waals surface area (Å²) in [4.78, 5) is 0. The second kappa shape index (κ2) is 8.35. The first-order valence-electron chi connectivity index (χ1n) is 4.86. The predicted molar refractivity (Wildman–Crippen MR) is 58.9 cm³/mol. The molecule has 0 aliphatic carbocycles. The quantitative estimate of drug-likeness (QED) is 0.595.